The van der Waals surface area contributed by atoms with Gasteiger partial charge in [0.2, 0.25) is 11.8 Å². The van der Waals surface area contributed by atoms with Crippen molar-refractivity contribution in [1.82, 2.24) is 9.80 Å². The second kappa shape index (κ2) is 5.43. The number of rotatable bonds is 2. The number of hydrogen-bond acceptors (Lipinski definition) is 2. The van der Waals surface area contributed by atoms with Crippen LogP contribution in [0.5, 0.6) is 0 Å². The molecule has 130 valence electrons. The summed E-state index contributed by atoms with van der Waals surface area (Å²) < 4.78 is -0.545. The van der Waals surface area contributed by atoms with E-state index in [1.165, 1.54) is 0 Å². The molecule has 0 aromatic rings. The van der Waals surface area contributed by atoms with Crippen LogP contribution >= 0.6 is 63.7 Å². The van der Waals surface area contributed by atoms with Crippen LogP contribution in [0.2, 0.25) is 0 Å². The van der Waals surface area contributed by atoms with E-state index in [1.54, 1.807) is 0 Å². The Kier molecular flexibility index (Phi) is 4.40. The highest BCUT2D eigenvalue weighted by Crippen LogP contribution is 2.68. The molecule has 1 saturated heterocycles. The molecule has 2 aliphatic carbocycles. The van der Waals surface area contributed by atoms with Crippen LogP contribution in [0.4, 0.5) is 0 Å². The molecule has 3 unspecified atom stereocenters. The molecule has 8 heteroatoms. The molecule has 3 atom stereocenters. The smallest absolute Gasteiger partial charge is 0.231 e. The van der Waals surface area contributed by atoms with Crippen molar-refractivity contribution in [2.24, 2.45) is 10.8 Å². The minimum Gasteiger partial charge on any atom is -0.338 e. The lowest BCUT2D eigenvalue weighted by Gasteiger charge is -2.42. The molecule has 0 N–H and O–H groups in total. The van der Waals surface area contributed by atoms with Gasteiger partial charge in [0, 0.05) is 25.7 Å². The molecular formula is C15H20Br4N2O2. The maximum atomic E-state index is 12.8. The standard InChI is InChI=1S/C15H20Br4N2O2/c1-9-6-20(10(22)12(2)7-14(12,16)17)4-5-21(9)11(23)13(3)8-15(13,18)19/h9H,4-8H2,1-3H3. The normalized spacial score (nSPS) is 40.7. The van der Waals surface area contributed by atoms with E-state index in [9.17, 15) is 9.59 Å². The number of amides is 2. The highest BCUT2D eigenvalue weighted by Gasteiger charge is 2.69. The monoisotopic (exact) mass is 576 g/mol. The first-order chi connectivity index (χ1) is 10.4. The van der Waals surface area contributed by atoms with Gasteiger partial charge in [-0.15, -0.1) is 0 Å². The molecule has 3 rings (SSSR count). The third kappa shape index (κ3) is 2.78. The lowest BCUT2D eigenvalue weighted by Crippen LogP contribution is -2.58. The van der Waals surface area contributed by atoms with Crippen LogP contribution in [0.1, 0.15) is 33.6 Å². The summed E-state index contributed by atoms with van der Waals surface area (Å²) in [4.78, 5) is 29.5. The number of hydrogen-bond donors (Lipinski definition) is 0. The SMILES string of the molecule is CC1CN(C(=O)C2(C)CC2(Br)Br)CCN1C(=O)C1(C)CC1(Br)Br. The van der Waals surface area contributed by atoms with Crippen LogP contribution in [0.15, 0.2) is 0 Å². The highest BCUT2D eigenvalue weighted by atomic mass is 79.9. The van der Waals surface area contributed by atoms with Gasteiger partial charge >= 0.3 is 0 Å². The van der Waals surface area contributed by atoms with Gasteiger partial charge in [0.05, 0.1) is 17.3 Å². The maximum absolute atomic E-state index is 12.8. The van der Waals surface area contributed by atoms with Crippen LogP contribution in [0.25, 0.3) is 0 Å². The molecule has 4 nitrogen and oxygen atoms in total. The fourth-order valence-corrected chi connectivity index (χ4v) is 6.29. The van der Waals surface area contributed by atoms with E-state index in [4.69, 9.17) is 0 Å². The van der Waals surface area contributed by atoms with Crippen LogP contribution in [-0.4, -0.2) is 53.8 Å². The van der Waals surface area contributed by atoms with E-state index < -0.39 is 5.41 Å². The van der Waals surface area contributed by atoms with Gasteiger partial charge in [0.1, 0.15) is 0 Å². The maximum Gasteiger partial charge on any atom is 0.231 e. The Balaban J connectivity index is 1.65. The first-order valence-electron chi connectivity index (χ1n) is 7.72. The average Bonchev–Trinajstić information content (AvgIpc) is 3.17. The minimum absolute atomic E-state index is 0.0378. The van der Waals surface area contributed by atoms with Gasteiger partial charge in [0.15, 0.2) is 0 Å². The predicted octanol–water partition coefficient (Wildman–Crippen LogP) is 3.84. The summed E-state index contributed by atoms with van der Waals surface area (Å²) in [5, 5.41) is 0. The zero-order valence-electron chi connectivity index (χ0n) is 13.3. The third-order valence-electron chi connectivity index (χ3n) is 5.64. The molecule has 23 heavy (non-hydrogen) atoms. The van der Waals surface area contributed by atoms with Gasteiger partial charge in [-0.2, -0.15) is 0 Å². The van der Waals surface area contributed by atoms with Crippen molar-refractivity contribution in [2.75, 3.05) is 19.6 Å². The molecule has 0 bridgehead atoms. The van der Waals surface area contributed by atoms with E-state index in [1.807, 2.05) is 30.6 Å². The molecule has 0 spiro atoms. The number of piperazine rings is 1. The zero-order valence-corrected chi connectivity index (χ0v) is 19.7. The number of halogens is 4. The van der Waals surface area contributed by atoms with Crippen LogP contribution < -0.4 is 0 Å². The molecule has 2 saturated carbocycles. The molecule has 1 heterocycles. The minimum atomic E-state index is -0.392. The molecule has 0 aromatic heterocycles. The van der Waals surface area contributed by atoms with Crippen molar-refractivity contribution in [2.45, 2.75) is 46.1 Å². The lowest BCUT2D eigenvalue weighted by molar-refractivity contribution is -0.148. The van der Waals surface area contributed by atoms with Crippen molar-refractivity contribution < 1.29 is 9.59 Å². The largest absolute Gasteiger partial charge is 0.338 e. The van der Waals surface area contributed by atoms with Gasteiger partial charge in [0.25, 0.3) is 0 Å². The Labute approximate surface area is 170 Å². The Morgan fingerprint density at radius 2 is 1.35 bits per heavy atom. The molecule has 3 aliphatic rings. The molecule has 2 amide bonds. The van der Waals surface area contributed by atoms with Gasteiger partial charge in [-0.05, 0) is 33.6 Å². The van der Waals surface area contributed by atoms with Crippen LogP contribution in [-0.2, 0) is 9.59 Å². The second-order valence-electron chi connectivity index (χ2n) is 7.53. The fourth-order valence-electron chi connectivity index (χ4n) is 3.37. The quantitative estimate of drug-likeness (QED) is 0.467. The van der Waals surface area contributed by atoms with Gasteiger partial charge in [-0.1, -0.05) is 63.7 Å². The Morgan fingerprint density at radius 3 is 1.74 bits per heavy atom. The van der Waals surface area contributed by atoms with Crippen molar-refractivity contribution in [3.8, 4) is 0 Å². The van der Waals surface area contributed by atoms with Gasteiger partial charge in [-0.3, -0.25) is 9.59 Å². The van der Waals surface area contributed by atoms with Crippen molar-refractivity contribution in [3.05, 3.63) is 0 Å². The summed E-state index contributed by atoms with van der Waals surface area (Å²) in [7, 11) is 0. The number of alkyl halides is 4. The first kappa shape index (κ1) is 18.6. The Hall–Kier alpha value is 0.860. The summed E-state index contributed by atoms with van der Waals surface area (Å²) >= 11 is 14.3. The van der Waals surface area contributed by atoms with Crippen molar-refractivity contribution in [3.63, 3.8) is 0 Å². The lowest BCUT2D eigenvalue weighted by atomic mass is 10.0. The number of carbonyl (C=O) groups is 2. The van der Waals surface area contributed by atoms with Crippen LogP contribution in [0, 0.1) is 10.8 Å². The average molecular weight is 580 g/mol. The number of nitrogens with zero attached hydrogens (tertiary/aromatic N) is 2. The van der Waals surface area contributed by atoms with Crippen molar-refractivity contribution in [1.29, 1.82) is 0 Å². The van der Waals surface area contributed by atoms with Gasteiger partial charge in [-0.25, -0.2) is 0 Å². The highest BCUT2D eigenvalue weighted by molar-refractivity contribution is 9.26. The first-order valence-corrected chi connectivity index (χ1v) is 10.9. The fraction of sp³-hybridized carbons (Fsp3) is 0.867. The molecular weight excluding hydrogens is 560 g/mol. The van der Waals surface area contributed by atoms with E-state index >= 15 is 0 Å². The topological polar surface area (TPSA) is 40.6 Å². The van der Waals surface area contributed by atoms with Crippen LogP contribution in [0.3, 0.4) is 0 Å². The predicted molar refractivity (Wildman–Crippen MR) is 104 cm³/mol. The number of carbonyl (C=O) groups excluding carboxylic acids is 2. The third-order valence-corrected chi connectivity index (χ3v) is 10.3. The Morgan fingerprint density at radius 1 is 0.913 bits per heavy atom. The molecule has 1 aliphatic heterocycles. The molecule has 0 aromatic carbocycles. The van der Waals surface area contributed by atoms with Gasteiger partial charge < -0.3 is 9.80 Å². The van der Waals surface area contributed by atoms with E-state index in [2.05, 4.69) is 63.7 Å². The zero-order chi connectivity index (χ0) is 17.4. The second-order valence-corrected chi connectivity index (χ2v) is 15.1. The van der Waals surface area contributed by atoms with Crippen molar-refractivity contribution >= 4 is 75.5 Å². The molecule has 0 radical (unpaired) electrons. The summed E-state index contributed by atoms with van der Waals surface area (Å²) in [5.74, 6) is 0.331. The Bertz CT molecular complexity index is 582. The summed E-state index contributed by atoms with van der Waals surface area (Å²) in [6.07, 6.45) is 1.58. The van der Waals surface area contributed by atoms with E-state index in [-0.39, 0.29) is 29.7 Å². The summed E-state index contributed by atoms with van der Waals surface area (Å²) in [6.45, 7) is 7.80. The summed E-state index contributed by atoms with van der Waals surface area (Å²) in [6, 6.07) is 0.0378. The molecule has 3 fully saturated rings. The van der Waals surface area contributed by atoms with E-state index in [0.717, 1.165) is 12.8 Å². The summed E-state index contributed by atoms with van der Waals surface area (Å²) in [5.41, 5.74) is -0.779. The van der Waals surface area contributed by atoms with E-state index in [0.29, 0.717) is 19.6 Å².